The number of pyridine rings is 2. The lowest BCUT2D eigenvalue weighted by Gasteiger charge is -2.13. The minimum Gasteiger partial charge on any atom is -0.475 e. The number of nitrogens with zero attached hydrogens (tertiary/aromatic N) is 5. The van der Waals surface area contributed by atoms with E-state index in [-0.39, 0.29) is 17.5 Å². The highest BCUT2D eigenvalue weighted by Gasteiger charge is 2.31. The molecule has 0 aliphatic carbocycles. The fourth-order valence-corrected chi connectivity index (χ4v) is 2.62. The summed E-state index contributed by atoms with van der Waals surface area (Å²) in [4.78, 5) is 7.70. The lowest BCUT2D eigenvalue weighted by Crippen LogP contribution is -2.39. The Bertz CT molecular complexity index is 1010. The number of fused-ring (bicyclic) bond motifs is 1. The summed E-state index contributed by atoms with van der Waals surface area (Å²) in [6.07, 6.45) is -1.97. The molecule has 154 valence electrons. The van der Waals surface area contributed by atoms with Crippen LogP contribution in [0.4, 0.5) is 13.2 Å². The monoisotopic (exact) mass is 427 g/mol. The Morgan fingerprint density at radius 1 is 1.28 bits per heavy atom. The molecule has 0 fully saturated rings. The van der Waals surface area contributed by atoms with Crippen LogP contribution in [0.3, 0.4) is 0 Å². The summed E-state index contributed by atoms with van der Waals surface area (Å²) in [5, 5.41) is 14.1. The largest absolute Gasteiger partial charge is 0.475 e. The van der Waals surface area contributed by atoms with E-state index in [0.29, 0.717) is 31.1 Å². The third-order valence-electron chi connectivity index (χ3n) is 3.79. The van der Waals surface area contributed by atoms with Crippen LogP contribution in [0, 0.1) is 0 Å². The van der Waals surface area contributed by atoms with Crippen LogP contribution in [0.2, 0.25) is 5.02 Å². The highest BCUT2D eigenvalue weighted by atomic mass is 35.5. The van der Waals surface area contributed by atoms with Gasteiger partial charge in [-0.15, -0.1) is 10.2 Å². The SMILES string of the molecule is CN=C(NCCOc1ncc(C(F)(F)F)cc1Cl)NCc1nnc2ccccn12. The van der Waals surface area contributed by atoms with Gasteiger partial charge >= 0.3 is 6.18 Å². The topological polar surface area (TPSA) is 88.7 Å². The maximum atomic E-state index is 12.6. The van der Waals surface area contributed by atoms with E-state index in [9.17, 15) is 13.2 Å². The van der Waals surface area contributed by atoms with Crippen molar-refractivity contribution in [1.29, 1.82) is 0 Å². The van der Waals surface area contributed by atoms with Crippen molar-refractivity contribution in [1.82, 2.24) is 30.2 Å². The van der Waals surface area contributed by atoms with Crippen LogP contribution in [0.25, 0.3) is 5.65 Å². The molecule has 0 unspecified atom stereocenters. The first-order valence-electron chi connectivity index (χ1n) is 8.47. The Balaban J connectivity index is 1.47. The highest BCUT2D eigenvalue weighted by Crippen LogP contribution is 2.32. The predicted octanol–water partition coefficient (Wildman–Crippen LogP) is 2.54. The molecule has 0 saturated carbocycles. The van der Waals surface area contributed by atoms with E-state index >= 15 is 0 Å². The van der Waals surface area contributed by atoms with Crippen molar-refractivity contribution in [3.8, 4) is 5.88 Å². The van der Waals surface area contributed by atoms with E-state index in [4.69, 9.17) is 16.3 Å². The van der Waals surface area contributed by atoms with Crippen LogP contribution < -0.4 is 15.4 Å². The Morgan fingerprint density at radius 3 is 2.83 bits per heavy atom. The van der Waals surface area contributed by atoms with Gasteiger partial charge in [0.05, 0.1) is 18.7 Å². The van der Waals surface area contributed by atoms with Gasteiger partial charge in [0, 0.05) is 19.4 Å². The summed E-state index contributed by atoms with van der Waals surface area (Å²) >= 11 is 5.80. The summed E-state index contributed by atoms with van der Waals surface area (Å²) in [7, 11) is 1.60. The zero-order valence-corrected chi connectivity index (χ0v) is 16.0. The van der Waals surface area contributed by atoms with Crippen molar-refractivity contribution in [3.05, 3.63) is 53.1 Å². The van der Waals surface area contributed by atoms with E-state index < -0.39 is 11.7 Å². The van der Waals surface area contributed by atoms with Crippen molar-refractivity contribution in [2.45, 2.75) is 12.7 Å². The molecule has 12 heteroatoms. The molecule has 0 amide bonds. The van der Waals surface area contributed by atoms with Gasteiger partial charge in [-0.25, -0.2) is 4.98 Å². The van der Waals surface area contributed by atoms with Gasteiger partial charge in [-0.2, -0.15) is 13.2 Å². The van der Waals surface area contributed by atoms with Gasteiger partial charge in [0.2, 0.25) is 5.88 Å². The van der Waals surface area contributed by atoms with Crippen LogP contribution in [0.1, 0.15) is 11.4 Å². The van der Waals surface area contributed by atoms with Crippen molar-refractivity contribution in [2.24, 2.45) is 4.99 Å². The molecule has 3 aromatic heterocycles. The van der Waals surface area contributed by atoms with Gasteiger partial charge in [-0.1, -0.05) is 17.7 Å². The standard InChI is InChI=1S/C17H17ClF3N7O/c1-22-16(25-10-14-27-26-13-4-2-3-6-28(13)14)23-5-7-29-15-12(18)8-11(9-24-15)17(19,20)21/h2-4,6,8-9H,5,7,10H2,1H3,(H2,22,23,25). The fourth-order valence-electron chi connectivity index (χ4n) is 2.40. The minimum atomic E-state index is -4.51. The van der Waals surface area contributed by atoms with Gasteiger partial charge in [-0.3, -0.25) is 9.39 Å². The first-order chi connectivity index (χ1) is 13.9. The number of rotatable bonds is 6. The number of nitrogens with one attached hydrogen (secondary N) is 2. The number of alkyl halides is 3. The van der Waals surface area contributed by atoms with Crippen LogP contribution in [0.5, 0.6) is 5.88 Å². The van der Waals surface area contributed by atoms with E-state index in [0.717, 1.165) is 11.7 Å². The molecule has 0 radical (unpaired) electrons. The number of ether oxygens (including phenoxy) is 1. The van der Waals surface area contributed by atoms with Gasteiger partial charge < -0.3 is 15.4 Å². The van der Waals surface area contributed by atoms with Crippen molar-refractivity contribution < 1.29 is 17.9 Å². The molecule has 8 nitrogen and oxygen atoms in total. The molecule has 3 aromatic rings. The summed E-state index contributed by atoms with van der Waals surface area (Å²) in [6.45, 7) is 0.823. The third-order valence-corrected chi connectivity index (χ3v) is 4.06. The normalized spacial score (nSPS) is 12.2. The number of hydrogen-bond donors (Lipinski definition) is 2. The molecule has 0 bridgehead atoms. The summed E-state index contributed by atoms with van der Waals surface area (Å²) < 4.78 is 45.0. The molecule has 3 rings (SSSR count). The Morgan fingerprint density at radius 2 is 2.10 bits per heavy atom. The second kappa shape index (κ2) is 8.95. The second-order valence-corrected chi connectivity index (χ2v) is 6.16. The molecule has 0 atom stereocenters. The van der Waals surface area contributed by atoms with Crippen molar-refractivity contribution in [3.63, 3.8) is 0 Å². The molecule has 0 saturated heterocycles. The smallest absolute Gasteiger partial charge is 0.417 e. The Labute approximate surface area is 168 Å². The van der Waals surface area contributed by atoms with Crippen LogP contribution >= 0.6 is 11.6 Å². The summed E-state index contributed by atoms with van der Waals surface area (Å²) in [5.41, 5.74) is -0.194. The van der Waals surface area contributed by atoms with Gasteiger partial charge in [0.15, 0.2) is 17.4 Å². The van der Waals surface area contributed by atoms with Gasteiger partial charge in [0.25, 0.3) is 0 Å². The number of guanidine groups is 1. The van der Waals surface area contributed by atoms with Crippen LogP contribution in [-0.4, -0.2) is 45.7 Å². The highest BCUT2D eigenvalue weighted by molar-refractivity contribution is 6.31. The van der Waals surface area contributed by atoms with Gasteiger partial charge in [0.1, 0.15) is 11.6 Å². The van der Waals surface area contributed by atoms with Crippen molar-refractivity contribution >= 4 is 23.2 Å². The van der Waals surface area contributed by atoms with E-state index in [2.05, 4.69) is 30.8 Å². The molecule has 0 aliphatic rings. The molecule has 29 heavy (non-hydrogen) atoms. The van der Waals surface area contributed by atoms with E-state index in [1.807, 2.05) is 28.8 Å². The Hall–Kier alpha value is -3.08. The molecule has 3 heterocycles. The first-order valence-corrected chi connectivity index (χ1v) is 8.85. The minimum absolute atomic E-state index is 0.0701. The first kappa shape index (κ1) is 20.6. The maximum Gasteiger partial charge on any atom is 0.417 e. The number of hydrogen-bond acceptors (Lipinski definition) is 5. The maximum absolute atomic E-state index is 12.6. The molecule has 0 aliphatic heterocycles. The average molecular weight is 428 g/mol. The van der Waals surface area contributed by atoms with Crippen LogP contribution in [-0.2, 0) is 12.7 Å². The molecular weight excluding hydrogens is 411 g/mol. The zero-order valence-electron chi connectivity index (χ0n) is 15.2. The summed E-state index contributed by atoms with van der Waals surface area (Å²) in [6, 6.07) is 6.38. The lowest BCUT2D eigenvalue weighted by molar-refractivity contribution is -0.137. The third kappa shape index (κ3) is 5.25. The fraction of sp³-hybridized carbons (Fsp3) is 0.294. The number of aliphatic imine (C=N–C) groups is 1. The van der Waals surface area contributed by atoms with E-state index in [1.54, 1.807) is 7.05 Å². The lowest BCUT2D eigenvalue weighted by atomic mass is 10.3. The molecule has 2 N–H and O–H groups in total. The molecule has 0 spiro atoms. The second-order valence-electron chi connectivity index (χ2n) is 5.75. The zero-order chi connectivity index (χ0) is 20.9. The molecule has 0 aromatic carbocycles. The summed E-state index contributed by atoms with van der Waals surface area (Å²) in [5.74, 6) is 1.13. The average Bonchev–Trinajstić information content (AvgIpc) is 3.11. The number of halogens is 4. The van der Waals surface area contributed by atoms with E-state index in [1.165, 1.54) is 0 Å². The number of aromatic nitrogens is 4. The van der Waals surface area contributed by atoms with Crippen molar-refractivity contribution in [2.75, 3.05) is 20.2 Å². The predicted molar refractivity (Wildman–Crippen MR) is 101 cm³/mol. The Kier molecular flexibility index (Phi) is 6.37. The van der Waals surface area contributed by atoms with Crippen LogP contribution in [0.15, 0.2) is 41.7 Å². The van der Waals surface area contributed by atoms with Gasteiger partial charge in [-0.05, 0) is 18.2 Å². The molecular formula is C17H17ClF3N7O. The quantitative estimate of drug-likeness (QED) is 0.357.